The summed E-state index contributed by atoms with van der Waals surface area (Å²) in [5, 5.41) is 3.32. The van der Waals surface area contributed by atoms with Crippen molar-refractivity contribution in [3.05, 3.63) is 70.8 Å². The molecule has 0 amide bonds. The quantitative estimate of drug-likeness (QED) is 0.836. The Kier molecular flexibility index (Phi) is 6.26. The molecule has 0 spiro atoms. The van der Waals surface area contributed by atoms with Gasteiger partial charge in [0.2, 0.25) is 0 Å². The monoisotopic (exact) mass is 359 g/mol. The second-order valence-corrected chi connectivity index (χ2v) is 7.46. The van der Waals surface area contributed by atoms with E-state index in [1.165, 1.54) is 16.7 Å². The third-order valence-corrected chi connectivity index (χ3v) is 4.54. The van der Waals surface area contributed by atoms with Gasteiger partial charge in [-0.3, -0.25) is 4.79 Å². The van der Waals surface area contributed by atoms with Crippen molar-refractivity contribution in [3.8, 4) is 0 Å². The molecule has 0 bridgehead atoms. The molecule has 1 N–H and O–H groups in total. The summed E-state index contributed by atoms with van der Waals surface area (Å²) in [6.07, 6.45) is 0.688. The lowest BCUT2D eigenvalue weighted by atomic mass is 9.83. The van der Waals surface area contributed by atoms with Gasteiger partial charge in [0.25, 0.3) is 0 Å². The summed E-state index contributed by atoms with van der Waals surface area (Å²) < 4.78 is 5.46. The molecule has 0 radical (unpaired) electrons. The summed E-state index contributed by atoms with van der Waals surface area (Å²) >= 11 is 0. The molecule has 3 nitrogen and oxygen atoms in total. The Hall–Kier alpha value is -1.84. The molecular formula is C21H26ClNO2. The van der Waals surface area contributed by atoms with Gasteiger partial charge in [0.05, 0.1) is 0 Å². The maximum atomic E-state index is 12.3. The van der Waals surface area contributed by atoms with E-state index in [9.17, 15) is 4.79 Å². The second-order valence-electron chi connectivity index (χ2n) is 7.46. The molecule has 1 heterocycles. The molecule has 1 atom stereocenters. The highest BCUT2D eigenvalue weighted by Crippen LogP contribution is 2.27. The minimum absolute atomic E-state index is 0. The van der Waals surface area contributed by atoms with E-state index in [0.29, 0.717) is 19.6 Å². The van der Waals surface area contributed by atoms with Crippen LogP contribution in [0.1, 0.15) is 43.0 Å². The zero-order valence-electron chi connectivity index (χ0n) is 15.0. The lowest BCUT2D eigenvalue weighted by molar-refractivity contribution is -0.147. The van der Waals surface area contributed by atoms with Gasteiger partial charge in [-0.25, -0.2) is 0 Å². The van der Waals surface area contributed by atoms with Crippen molar-refractivity contribution in [3.63, 3.8) is 0 Å². The summed E-state index contributed by atoms with van der Waals surface area (Å²) in [4.78, 5) is 12.3. The van der Waals surface area contributed by atoms with E-state index in [1.807, 2.05) is 30.3 Å². The molecule has 0 saturated carbocycles. The smallest absolute Gasteiger partial charge is 0.323 e. The van der Waals surface area contributed by atoms with Crippen LogP contribution in [0.25, 0.3) is 0 Å². The number of ether oxygens (including phenoxy) is 1. The molecule has 0 aliphatic carbocycles. The molecule has 134 valence electrons. The molecule has 2 aromatic rings. The molecule has 2 aromatic carbocycles. The lowest BCUT2D eigenvalue weighted by Crippen LogP contribution is -2.42. The Bertz CT molecular complexity index is 722. The summed E-state index contributed by atoms with van der Waals surface area (Å²) in [6.45, 7) is 7.69. The van der Waals surface area contributed by atoms with Crippen molar-refractivity contribution in [2.45, 2.75) is 51.8 Å². The number of esters is 1. The van der Waals surface area contributed by atoms with Crippen molar-refractivity contribution in [2.75, 3.05) is 0 Å². The normalized spacial score (nSPS) is 16.5. The van der Waals surface area contributed by atoms with E-state index in [4.69, 9.17) is 4.74 Å². The van der Waals surface area contributed by atoms with Crippen molar-refractivity contribution in [2.24, 2.45) is 0 Å². The number of benzene rings is 2. The number of rotatable bonds is 3. The average molecular weight is 360 g/mol. The fourth-order valence-electron chi connectivity index (χ4n) is 2.98. The zero-order chi connectivity index (χ0) is 17.2. The van der Waals surface area contributed by atoms with Gasteiger partial charge in [-0.05, 0) is 34.1 Å². The minimum atomic E-state index is -0.262. The fraction of sp³-hybridized carbons (Fsp3) is 0.381. The Morgan fingerprint density at radius 3 is 2.52 bits per heavy atom. The fourth-order valence-corrected chi connectivity index (χ4v) is 2.98. The number of hydrogen-bond acceptors (Lipinski definition) is 3. The van der Waals surface area contributed by atoms with Gasteiger partial charge in [0, 0.05) is 6.54 Å². The van der Waals surface area contributed by atoms with Gasteiger partial charge in [0.1, 0.15) is 12.6 Å². The molecule has 3 rings (SSSR count). The van der Waals surface area contributed by atoms with Crippen LogP contribution in [-0.4, -0.2) is 12.0 Å². The van der Waals surface area contributed by atoms with Crippen LogP contribution >= 0.6 is 12.4 Å². The standard InChI is InChI=1S/C21H25NO2.ClH/c1-21(2,3)18-10-9-16-12-19(22-13-17(16)11-18)20(23)24-14-15-7-5-4-6-8-15;/h4-11,19,22H,12-14H2,1-3H3;1H. The summed E-state index contributed by atoms with van der Waals surface area (Å²) in [5.41, 5.74) is 5.00. The van der Waals surface area contributed by atoms with Crippen molar-refractivity contribution in [1.82, 2.24) is 5.32 Å². The summed E-state index contributed by atoms with van der Waals surface area (Å²) in [7, 11) is 0. The van der Waals surface area contributed by atoms with Gasteiger partial charge in [-0.1, -0.05) is 69.3 Å². The second kappa shape index (κ2) is 8.03. The van der Waals surface area contributed by atoms with Crippen LogP contribution in [0.5, 0.6) is 0 Å². The molecule has 1 unspecified atom stereocenters. The number of carbonyl (C=O) groups excluding carboxylic acids is 1. The lowest BCUT2D eigenvalue weighted by Gasteiger charge is -2.27. The molecule has 0 aromatic heterocycles. The number of halogens is 1. The van der Waals surface area contributed by atoms with E-state index in [1.54, 1.807) is 0 Å². The maximum Gasteiger partial charge on any atom is 0.323 e. The van der Waals surface area contributed by atoms with Gasteiger partial charge in [0.15, 0.2) is 0 Å². The van der Waals surface area contributed by atoms with Crippen LogP contribution in [-0.2, 0) is 34.5 Å². The third-order valence-electron chi connectivity index (χ3n) is 4.54. The van der Waals surface area contributed by atoms with Crippen molar-refractivity contribution < 1.29 is 9.53 Å². The van der Waals surface area contributed by atoms with Gasteiger partial charge in [-0.15, -0.1) is 12.4 Å². The maximum absolute atomic E-state index is 12.3. The van der Waals surface area contributed by atoms with Crippen LogP contribution in [0.4, 0.5) is 0 Å². The first-order valence-electron chi connectivity index (χ1n) is 8.50. The predicted molar refractivity (Wildman–Crippen MR) is 103 cm³/mol. The van der Waals surface area contributed by atoms with E-state index in [2.05, 4.69) is 44.3 Å². The molecule has 25 heavy (non-hydrogen) atoms. The van der Waals surface area contributed by atoms with E-state index in [0.717, 1.165) is 5.56 Å². The van der Waals surface area contributed by atoms with Gasteiger partial charge in [-0.2, -0.15) is 0 Å². The van der Waals surface area contributed by atoms with Gasteiger partial charge < -0.3 is 10.1 Å². The largest absolute Gasteiger partial charge is 0.460 e. The van der Waals surface area contributed by atoms with Crippen LogP contribution in [0.15, 0.2) is 48.5 Å². The summed E-state index contributed by atoms with van der Waals surface area (Å²) in [5.74, 6) is -0.176. The molecule has 1 aliphatic rings. The topological polar surface area (TPSA) is 38.3 Å². The Morgan fingerprint density at radius 2 is 1.84 bits per heavy atom. The van der Waals surface area contributed by atoms with Crippen molar-refractivity contribution in [1.29, 1.82) is 0 Å². The van der Waals surface area contributed by atoms with Crippen LogP contribution in [0.2, 0.25) is 0 Å². The van der Waals surface area contributed by atoms with Crippen molar-refractivity contribution >= 4 is 18.4 Å². The van der Waals surface area contributed by atoms with E-state index >= 15 is 0 Å². The summed E-state index contributed by atoms with van der Waals surface area (Å²) in [6, 6.07) is 16.1. The van der Waals surface area contributed by atoms with Crippen LogP contribution < -0.4 is 5.32 Å². The highest BCUT2D eigenvalue weighted by Gasteiger charge is 2.26. The highest BCUT2D eigenvalue weighted by molar-refractivity contribution is 5.85. The van der Waals surface area contributed by atoms with Crippen LogP contribution in [0, 0.1) is 0 Å². The zero-order valence-corrected chi connectivity index (χ0v) is 15.9. The number of carbonyl (C=O) groups is 1. The first-order chi connectivity index (χ1) is 11.4. The van der Waals surface area contributed by atoms with Gasteiger partial charge >= 0.3 is 5.97 Å². The third kappa shape index (κ3) is 4.83. The Labute approximate surface area is 156 Å². The predicted octanol–water partition coefficient (Wildman–Crippen LogP) is 4.16. The molecule has 0 fully saturated rings. The number of fused-ring (bicyclic) bond motifs is 1. The number of nitrogens with one attached hydrogen (secondary N) is 1. The van der Waals surface area contributed by atoms with E-state index < -0.39 is 0 Å². The minimum Gasteiger partial charge on any atom is -0.460 e. The molecular weight excluding hydrogens is 334 g/mol. The van der Waals surface area contributed by atoms with E-state index in [-0.39, 0.29) is 29.8 Å². The Morgan fingerprint density at radius 1 is 1.12 bits per heavy atom. The molecule has 1 aliphatic heterocycles. The SMILES string of the molecule is CC(C)(C)c1ccc2c(c1)CNC(C(=O)OCc1ccccc1)C2.Cl. The Balaban J connectivity index is 0.00000225. The average Bonchev–Trinajstić information content (AvgIpc) is 2.59. The molecule has 4 heteroatoms. The number of hydrogen-bond donors (Lipinski definition) is 1. The molecule has 0 saturated heterocycles. The highest BCUT2D eigenvalue weighted by atomic mass is 35.5. The van der Waals surface area contributed by atoms with Crippen LogP contribution in [0.3, 0.4) is 0 Å². The first-order valence-corrected chi connectivity index (χ1v) is 8.50. The first kappa shape index (κ1) is 19.5.